The van der Waals surface area contributed by atoms with Crippen molar-refractivity contribution in [3.05, 3.63) is 33.9 Å². The Bertz CT molecular complexity index is 356. The zero-order valence-electron chi connectivity index (χ0n) is 7.18. The van der Waals surface area contributed by atoms with Crippen LogP contribution in [-0.2, 0) is 0 Å². The van der Waals surface area contributed by atoms with Crippen molar-refractivity contribution >= 4 is 5.69 Å². The van der Waals surface area contributed by atoms with Crippen molar-refractivity contribution < 1.29 is 14.4 Å². The average Bonchev–Trinajstić information content (AvgIpc) is 2.16. The summed E-state index contributed by atoms with van der Waals surface area (Å²) in [6.07, 6.45) is 0. The van der Waals surface area contributed by atoms with E-state index in [9.17, 15) is 14.5 Å². The number of aromatic hydroxyl groups is 1. The number of nitrogens with two attached hydrogens (primary N) is 1. The van der Waals surface area contributed by atoms with Gasteiger partial charge < -0.3 is 10.8 Å². The van der Waals surface area contributed by atoms with Crippen molar-refractivity contribution in [1.29, 1.82) is 0 Å². The number of halogens is 1. The summed E-state index contributed by atoms with van der Waals surface area (Å²) in [6.45, 7) is -0.912. The summed E-state index contributed by atoms with van der Waals surface area (Å²) < 4.78 is 12.2. The van der Waals surface area contributed by atoms with E-state index in [1.807, 2.05) is 0 Å². The quantitative estimate of drug-likeness (QED) is 0.567. The van der Waals surface area contributed by atoms with Gasteiger partial charge in [-0.15, -0.1) is 0 Å². The van der Waals surface area contributed by atoms with Crippen LogP contribution < -0.4 is 5.73 Å². The number of hydrogen-bond acceptors (Lipinski definition) is 4. The molecule has 0 aromatic heterocycles. The van der Waals surface area contributed by atoms with Gasteiger partial charge in [0.05, 0.1) is 16.5 Å². The van der Waals surface area contributed by atoms with Crippen LogP contribution in [0.2, 0.25) is 0 Å². The zero-order valence-corrected chi connectivity index (χ0v) is 7.18. The van der Waals surface area contributed by atoms with Crippen LogP contribution in [0, 0.1) is 10.1 Å². The molecule has 0 aliphatic carbocycles. The number of nitro groups is 1. The third-order valence-corrected chi connectivity index (χ3v) is 1.77. The van der Waals surface area contributed by atoms with Gasteiger partial charge in [-0.2, -0.15) is 0 Å². The van der Waals surface area contributed by atoms with Crippen LogP contribution in [-0.4, -0.2) is 16.7 Å². The second kappa shape index (κ2) is 4.01. The lowest BCUT2D eigenvalue weighted by molar-refractivity contribution is -0.385. The molecular weight excluding hydrogens is 191 g/mol. The smallest absolute Gasteiger partial charge is 0.274 e. The molecule has 1 aromatic carbocycles. The van der Waals surface area contributed by atoms with Gasteiger partial charge in [0.25, 0.3) is 5.69 Å². The van der Waals surface area contributed by atoms with Crippen LogP contribution in [0.15, 0.2) is 18.2 Å². The van der Waals surface area contributed by atoms with Gasteiger partial charge in [0.2, 0.25) is 0 Å². The Labute approximate surface area is 79.1 Å². The number of hydrogen-bond donors (Lipinski definition) is 2. The molecule has 0 fully saturated rings. The summed E-state index contributed by atoms with van der Waals surface area (Å²) in [5.74, 6) is -0.172. The lowest BCUT2D eigenvalue weighted by atomic mass is 10.1. The van der Waals surface area contributed by atoms with Crippen LogP contribution >= 0.6 is 0 Å². The van der Waals surface area contributed by atoms with Gasteiger partial charge in [-0.3, -0.25) is 10.1 Å². The molecule has 14 heavy (non-hydrogen) atoms. The van der Waals surface area contributed by atoms with Crippen LogP contribution in [0.4, 0.5) is 10.1 Å². The highest BCUT2D eigenvalue weighted by molar-refractivity contribution is 5.46. The van der Waals surface area contributed by atoms with Crippen molar-refractivity contribution in [1.82, 2.24) is 0 Å². The Balaban J connectivity index is 3.22. The maximum atomic E-state index is 12.2. The average molecular weight is 200 g/mol. The highest BCUT2D eigenvalue weighted by atomic mass is 19.1. The van der Waals surface area contributed by atoms with Crippen molar-refractivity contribution in [3.8, 4) is 5.75 Å². The Morgan fingerprint density at radius 1 is 1.64 bits per heavy atom. The van der Waals surface area contributed by atoms with Crippen molar-refractivity contribution in [2.75, 3.05) is 6.67 Å². The van der Waals surface area contributed by atoms with E-state index in [1.54, 1.807) is 0 Å². The first kappa shape index (κ1) is 10.4. The van der Waals surface area contributed by atoms with Gasteiger partial charge in [0.15, 0.2) is 0 Å². The first-order chi connectivity index (χ1) is 6.56. The lowest BCUT2D eigenvalue weighted by Gasteiger charge is -2.07. The molecular formula is C8H9FN2O3. The minimum atomic E-state index is -1.08. The maximum Gasteiger partial charge on any atom is 0.274 e. The van der Waals surface area contributed by atoms with Gasteiger partial charge >= 0.3 is 0 Å². The molecule has 0 bridgehead atoms. The van der Waals surface area contributed by atoms with Gasteiger partial charge in [-0.1, -0.05) is 0 Å². The maximum absolute atomic E-state index is 12.2. The Morgan fingerprint density at radius 3 is 2.79 bits per heavy atom. The van der Waals surface area contributed by atoms with Crippen molar-refractivity contribution in [2.24, 2.45) is 5.73 Å². The summed E-state index contributed by atoms with van der Waals surface area (Å²) in [4.78, 5) is 9.84. The minimum Gasteiger partial charge on any atom is -0.508 e. The fourth-order valence-electron chi connectivity index (χ4n) is 1.09. The highest BCUT2D eigenvalue weighted by Gasteiger charge is 2.19. The molecule has 0 heterocycles. The van der Waals surface area contributed by atoms with E-state index in [4.69, 9.17) is 10.8 Å². The number of alkyl halides is 1. The summed E-state index contributed by atoms with van der Waals surface area (Å²) in [5.41, 5.74) is 5.02. The molecule has 1 aromatic rings. The molecule has 76 valence electrons. The number of phenols is 1. The standard InChI is InChI=1S/C8H9FN2O3/c9-4-7(10)6-3-5(12)1-2-8(6)11(13)14/h1-3,7,12H,4,10H2/t7-/m1/s1. The molecule has 0 aliphatic rings. The predicted octanol–water partition coefficient (Wildman–Crippen LogP) is 1.27. The number of nitro benzene ring substituents is 1. The summed E-state index contributed by atoms with van der Waals surface area (Å²) in [6, 6.07) is 2.28. The van der Waals surface area contributed by atoms with Crippen molar-refractivity contribution in [3.63, 3.8) is 0 Å². The minimum absolute atomic E-state index is 0.00231. The summed E-state index contributed by atoms with van der Waals surface area (Å²) in [7, 11) is 0. The third kappa shape index (κ3) is 1.97. The molecule has 5 nitrogen and oxygen atoms in total. The second-order valence-electron chi connectivity index (χ2n) is 2.76. The SMILES string of the molecule is N[C@H](CF)c1cc(O)ccc1[N+](=O)[O-]. The first-order valence-electron chi connectivity index (χ1n) is 3.85. The summed E-state index contributed by atoms with van der Waals surface area (Å²) in [5, 5.41) is 19.6. The molecule has 3 N–H and O–H groups in total. The topological polar surface area (TPSA) is 89.4 Å². The molecule has 0 aliphatic heterocycles. The molecule has 0 amide bonds. The van der Waals surface area contributed by atoms with E-state index < -0.39 is 17.6 Å². The van der Waals surface area contributed by atoms with E-state index in [2.05, 4.69) is 0 Å². The molecule has 0 saturated carbocycles. The lowest BCUT2D eigenvalue weighted by Crippen LogP contribution is -2.14. The number of rotatable bonds is 3. The van der Waals surface area contributed by atoms with Gasteiger partial charge in [0.1, 0.15) is 12.4 Å². The van der Waals surface area contributed by atoms with Gasteiger partial charge in [0, 0.05) is 6.07 Å². The monoisotopic (exact) mass is 200 g/mol. The molecule has 1 rings (SSSR count). The highest BCUT2D eigenvalue weighted by Crippen LogP contribution is 2.27. The number of phenolic OH excluding ortho intramolecular Hbond substituents is 1. The van der Waals surface area contributed by atoms with Gasteiger partial charge in [-0.25, -0.2) is 4.39 Å². The fourth-order valence-corrected chi connectivity index (χ4v) is 1.09. The van der Waals surface area contributed by atoms with Crippen LogP contribution in [0.25, 0.3) is 0 Å². The molecule has 6 heteroatoms. The molecule has 0 unspecified atom stereocenters. The van der Waals surface area contributed by atoms with E-state index in [-0.39, 0.29) is 17.0 Å². The third-order valence-electron chi connectivity index (χ3n) is 1.77. The van der Waals surface area contributed by atoms with Crippen LogP contribution in [0.5, 0.6) is 5.75 Å². The fraction of sp³-hybridized carbons (Fsp3) is 0.250. The van der Waals surface area contributed by atoms with E-state index in [1.165, 1.54) is 0 Å². The largest absolute Gasteiger partial charge is 0.508 e. The first-order valence-corrected chi connectivity index (χ1v) is 3.85. The normalized spacial score (nSPS) is 12.4. The summed E-state index contributed by atoms with van der Waals surface area (Å²) >= 11 is 0. The van der Waals surface area contributed by atoms with E-state index in [0.717, 1.165) is 18.2 Å². The molecule has 1 atom stereocenters. The van der Waals surface area contributed by atoms with Crippen LogP contribution in [0.3, 0.4) is 0 Å². The zero-order chi connectivity index (χ0) is 10.7. The molecule has 0 spiro atoms. The number of nitrogens with zero attached hydrogens (tertiary/aromatic N) is 1. The molecule has 0 radical (unpaired) electrons. The second-order valence-corrected chi connectivity index (χ2v) is 2.76. The Morgan fingerprint density at radius 2 is 2.29 bits per heavy atom. The van der Waals surface area contributed by atoms with E-state index in [0.29, 0.717) is 0 Å². The predicted molar refractivity (Wildman–Crippen MR) is 47.7 cm³/mol. The van der Waals surface area contributed by atoms with Gasteiger partial charge in [-0.05, 0) is 12.1 Å². The Hall–Kier alpha value is -1.69. The van der Waals surface area contributed by atoms with Crippen molar-refractivity contribution in [2.45, 2.75) is 6.04 Å². The Kier molecular flexibility index (Phi) is 2.98. The number of benzene rings is 1. The van der Waals surface area contributed by atoms with E-state index >= 15 is 0 Å². The van der Waals surface area contributed by atoms with Crippen LogP contribution in [0.1, 0.15) is 11.6 Å². The molecule has 0 saturated heterocycles.